The Labute approximate surface area is 93.8 Å². The molecule has 0 aromatic carbocycles. The minimum absolute atomic E-state index is 0.136. The number of amides is 1. The highest BCUT2D eigenvalue weighted by molar-refractivity contribution is 5.81. The molecule has 94 valence electrons. The molecule has 0 N–H and O–H groups in total. The Hall–Kier alpha value is -0.740. The number of carbonyl (C=O) groups excluding carboxylic acids is 1. The van der Waals surface area contributed by atoms with Crippen LogP contribution in [0.4, 0.5) is 13.2 Å². The topological polar surface area (TPSA) is 20.3 Å². The first-order valence-electron chi connectivity index (χ1n) is 5.48. The van der Waals surface area contributed by atoms with E-state index in [4.69, 9.17) is 0 Å². The lowest BCUT2D eigenvalue weighted by Gasteiger charge is -2.37. The van der Waals surface area contributed by atoms with Crippen molar-refractivity contribution in [3.05, 3.63) is 0 Å². The average molecular weight is 237 g/mol. The summed E-state index contributed by atoms with van der Waals surface area (Å²) in [5.74, 6) is -1.55. The predicted octanol–water partition coefficient (Wildman–Crippen LogP) is 2.83. The van der Waals surface area contributed by atoms with E-state index in [2.05, 4.69) is 0 Å². The number of halogens is 3. The van der Waals surface area contributed by atoms with Gasteiger partial charge in [-0.15, -0.1) is 0 Å². The van der Waals surface area contributed by atoms with Crippen LogP contribution in [0.1, 0.15) is 33.6 Å². The number of rotatable bonds is 0. The zero-order chi connectivity index (χ0) is 12.6. The van der Waals surface area contributed by atoms with Crippen LogP contribution in [0.2, 0.25) is 0 Å². The molecule has 0 aliphatic carbocycles. The van der Waals surface area contributed by atoms with E-state index < -0.39 is 17.5 Å². The standard InChI is InChI=1S/C11H18F3NO/c1-10(2,3)9(16)15-6-4-5-8(7-15)11(12,13)14/h8H,4-7H2,1-3H3. The number of hydrogen-bond acceptors (Lipinski definition) is 1. The zero-order valence-corrected chi connectivity index (χ0v) is 9.90. The maximum absolute atomic E-state index is 12.5. The van der Waals surface area contributed by atoms with E-state index >= 15 is 0 Å². The van der Waals surface area contributed by atoms with Crippen molar-refractivity contribution in [3.63, 3.8) is 0 Å². The second kappa shape index (κ2) is 4.26. The second-order valence-electron chi connectivity index (χ2n) is 5.38. The first kappa shape index (κ1) is 13.3. The summed E-state index contributed by atoms with van der Waals surface area (Å²) in [6.07, 6.45) is -3.61. The number of piperidine rings is 1. The Morgan fingerprint density at radius 2 is 1.81 bits per heavy atom. The van der Waals surface area contributed by atoms with Crippen molar-refractivity contribution in [2.75, 3.05) is 13.1 Å². The number of alkyl halides is 3. The molecule has 5 heteroatoms. The molecule has 0 saturated carbocycles. The smallest absolute Gasteiger partial charge is 0.342 e. The van der Waals surface area contributed by atoms with E-state index in [9.17, 15) is 18.0 Å². The minimum atomic E-state index is -4.18. The molecule has 1 heterocycles. The zero-order valence-electron chi connectivity index (χ0n) is 9.90. The summed E-state index contributed by atoms with van der Waals surface area (Å²) >= 11 is 0. The van der Waals surface area contributed by atoms with Gasteiger partial charge in [0.15, 0.2) is 0 Å². The Morgan fingerprint density at radius 1 is 1.25 bits per heavy atom. The van der Waals surface area contributed by atoms with E-state index in [-0.39, 0.29) is 18.9 Å². The van der Waals surface area contributed by atoms with Crippen molar-refractivity contribution in [2.24, 2.45) is 11.3 Å². The fraction of sp³-hybridized carbons (Fsp3) is 0.909. The second-order valence-corrected chi connectivity index (χ2v) is 5.38. The van der Waals surface area contributed by atoms with Crippen LogP contribution in [0, 0.1) is 11.3 Å². The quantitative estimate of drug-likeness (QED) is 0.634. The lowest BCUT2D eigenvalue weighted by Crippen LogP contribution is -2.48. The van der Waals surface area contributed by atoms with Crippen LogP contribution in [0.15, 0.2) is 0 Å². The summed E-state index contributed by atoms with van der Waals surface area (Å²) in [5, 5.41) is 0. The van der Waals surface area contributed by atoms with Crippen molar-refractivity contribution in [1.82, 2.24) is 4.90 Å². The molecule has 0 bridgehead atoms. The van der Waals surface area contributed by atoms with Gasteiger partial charge in [-0.3, -0.25) is 4.79 Å². The molecular formula is C11H18F3NO. The van der Waals surface area contributed by atoms with Crippen LogP contribution in [0.25, 0.3) is 0 Å². The molecule has 1 fully saturated rings. The molecule has 2 nitrogen and oxygen atoms in total. The maximum atomic E-state index is 12.5. The Kier molecular flexibility index (Phi) is 3.55. The summed E-state index contributed by atoms with van der Waals surface area (Å²) < 4.78 is 37.6. The number of carbonyl (C=O) groups is 1. The van der Waals surface area contributed by atoms with Crippen LogP contribution in [-0.2, 0) is 4.79 Å². The van der Waals surface area contributed by atoms with E-state index in [0.29, 0.717) is 13.0 Å². The normalized spacial score (nSPS) is 23.4. The summed E-state index contributed by atoms with van der Waals surface area (Å²) in [7, 11) is 0. The first-order valence-corrected chi connectivity index (χ1v) is 5.48. The van der Waals surface area contributed by atoms with E-state index in [1.54, 1.807) is 20.8 Å². The van der Waals surface area contributed by atoms with Gasteiger partial charge in [0.1, 0.15) is 0 Å². The highest BCUT2D eigenvalue weighted by Gasteiger charge is 2.43. The van der Waals surface area contributed by atoms with Gasteiger partial charge in [0.05, 0.1) is 5.92 Å². The molecule has 1 amide bonds. The third-order valence-corrected chi connectivity index (χ3v) is 2.81. The molecule has 1 atom stereocenters. The lowest BCUT2D eigenvalue weighted by atomic mass is 9.91. The highest BCUT2D eigenvalue weighted by atomic mass is 19.4. The van der Waals surface area contributed by atoms with Crippen molar-refractivity contribution in [2.45, 2.75) is 39.8 Å². The Balaban J connectivity index is 2.68. The number of hydrogen-bond donors (Lipinski definition) is 0. The number of nitrogens with zero attached hydrogens (tertiary/aromatic N) is 1. The van der Waals surface area contributed by atoms with Gasteiger partial charge in [-0.05, 0) is 12.8 Å². The molecule has 1 saturated heterocycles. The van der Waals surface area contributed by atoms with Crippen molar-refractivity contribution >= 4 is 5.91 Å². The predicted molar refractivity (Wildman–Crippen MR) is 54.8 cm³/mol. The molecule has 0 radical (unpaired) electrons. The van der Waals surface area contributed by atoms with E-state index in [1.165, 1.54) is 4.90 Å². The van der Waals surface area contributed by atoms with Crippen molar-refractivity contribution in [3.8, 4) is 0 Å². The van der Waals surface area contributed by atoms with Gasteiger partial charge in [-0.1, -0.05) is 20.8 Å². The van der Waals surface area contributed by atoms with Crippen LogP contribution in [0.5, 0.6) is 0 Å². The fourth-order valence-electron chi connectivity index (χ4n) is 1.90. The van der Waals surface area contributed by atoms with Crippen LogP contribution in [0.3, 0.4) is 0 Å². The monoisotopic (exact) mass is 237 g/mol. The third kappa shape index (κ3) is 3.12. The van der Waals surface area contributed by atoms with E-state index in [1.807, 2.05) is 0 Å². The molecule has 1 rings (SSSR count). The molecular weight excluding hydrogens is 219 g/mol. The molecule has 0 aromatic heterocycles. The van der Waals surface area contributed by atoms with Gasteiger partial charge in [-0.2, -0.15) is 13.2 Å². The van der Waals surface area contributed by atoms with Gasteiger partial charge in [0, 0.05) is 18.5 Å². The Bertz CT molecular complexity index is 267. The molecule has 16 heavy (non-hydrogen) atoms. The Morgan fingerprint density at radius 3 is 2.25 bits per heavy atom. The van der Waals surface area contributed by atoms with Gasteiger partial charge in [-0.25, -0.2) is 0 Å². The third-order valence-electron chi connectivity index (χ3n) is 2.81. The SMILES string of the molecule is CC(C)(C)C(=O)N1CCCC(C(F)(F)F)C1. The van der Waals surface area contributed by atoms with Crippen molar-refractivity contribution < 1.29 is 18.0 Å². The maximum Gasteiger partial charge on any atom is 0.393 e. The lowest BCUT2D eigenvalue weighted by molar-refractivity contribution is -0.189. The molecule has 0 aromatic rings. The first-order chi connectivity index (χ1) is 7.12. The minimum Gasteiger partial charge on any atom is -0.342 e. The fourth-order valence-corrected chi connectivity index (χ4v) is 1.90. The highest BCUT2D eigenvalue weighted by Crippen LogP contribution is 2.34. The van der Waals surface area contributed by atoms with Gasteiger partial charge in [0.25, 0.3) is 0 Å². The molecule has 0 spiro atoms. The van der Waals surface area contributed by atoms with Gasteiger partial charge < -0.3 is 4.90 Å². The summed E-state index contributed by atoms with van der Waals surface area (Å²) in [6.45, 7) is 5.45. The average Bonchev–Trinajstić information content (AvgIpc) is 2.14. The number of likely N-dealkylation sites (tertiary alicyclic amines) is 1. The van der Waals surface area contributed by atoms with Gasteiger partial charge in [0.2, 0.25) is 5.91 Å². The largest absolute Gasteiger partial charge is 0.393 e. The summed E-state index contributed by atoms with van der Waals surface area (Å²) in [5.41, 5.74) is -0.604. The van der Waals surface area contributed by atoms with Crippen LogP contribution < -0.4 is 0 Å². The van der Waals surface area contributed by atoms with Crippen LogP contribution in [-0.4, -0.2) is 30.1 Å². The summed E-state index contributed by atoms with van der Waals surface area (Å²) in [4.78, 5) is 13.2. The van der Waals surface area contributed by atoms with Crippen LogP contribution >= 0.6 is 0 Å². The molecule has 1 unspecified atom stereocenters. The van der Waals surface area contributed by atoms with E-state index in [0.717, 1.165) is 0 Å². The van der Waals surface area contributed by atoms with Gasteiger partial charge >= 0.3 is 6.18 Å². The summed E-state index contributed by atoms with van der Waals surface area (Å²) in [6, 6.07) is 0. The molecule has 1 aliphatic heterocycles. The molecule has 1 aliphatic rings. The van der Waals surface area contributed by atoms with Crippen molar-refractivity contribution in [1.29, 1.82) is 0 Å².